The highest BCUT2D eigenvalue weighted by molar-refractivity contribution is 8.26. The number of H-pyrrole nitrogens is 1. The van der Waals surface area contributed by atoms with Crippen molar-refractivity contribution < 1.29 is 24.6 Å². The Balaban J connectivity index is 2.29. The maximum Gasteiger partial charge on any atom is 0.327 e. The van der Waals surface area contributed by atoms with Gasteiger partial charge in [-0.1, -0.05) is 24.0 Å². The van der Waals surface area contributed by atoms with E-state index in [-0.39, 0.29) is 9.23 Å². The van der Waals surface area contributed by atoms with Crippen LogP contribution in [0.25, 0.3) is 6.08 Å². The number of carboxylic acids is 2. The van der Waals surface area contributed by atoms with Crippen LogP contribution in [0, 0.1) is 0 Å². The first-order valence-electron chi connectivity index (χ1n) is 5.75. The Morgan fingerprint density at radius 2 is 2.19 bits per heavy atom. The van der Waals surface area contributed by atoms with Crippen molar-refractivity contribution in [3.8, 4) is 0 Å². The number of hydrogen-bond donors (Lipinski definition) is 3. The van der Waals surface area contributed by atoms with Crippen LogP contribution in [-0.4, -0.2) is 48.3 Å². The fourth-order valence-electron chi connectivity index (χ4n) is 1.78. The molecule has 2 rings (SSSR count). The molecule has 1 atom stereocenters. The molecule has 0 aliphatic carbocycles. The molecule has 9 heteroatoms. The molecule has 0 saturated carbocycles. The van der Waals surface area contributed by atoms with E-state index in [2.05, 4.69) is 4.98 Å². The van der Waals surface area contributed by atoms with E-state index in [0.717, 1.165) is 16.7 Å². The molecular formula is C12H10N2O5S2. The molecule has 110 valence electrons. The van der Waals surface area contributed by atoms with E-state index in [0.29, 0.717) is 5.69 Å². The monoisotopic (exact) mass is 326 g/mol. The lowest BCUT2D eigenvalue weighted by Gasteiger charge is -2.21. The summed E-state index contributed by atoms with van der Waals surface area (Å²) >= 11 is 5.94. The van der Waals surface area contributed by atoms with Crippen LogP contribution < -0.4 is 0 Å². The van der Waals surface area contributed by atoms with Gasteiger partial charge in [0.15, 0.2) is 0 Å². The molecule has 21 heavy (non-hydrogen) atoms. The molecular weight excluding hydrogens is 316 g/mol. The van der Waals surface area contributed by atoms with Crippen molar-refractivity contribution in [2.24, 2.45) is 0 Å². The molecule has 1 aromatic rings. The number of carbonyl (C=O) groups is 3. The average Bonchev–Trinajstić information content (AvgIpc) is 2.97. The number of thioether (sulfide) groups is 1. The van der Waals surface area contributed by atoms with Crippen molar-refractivity contribution in [2.75, 3.05) is 0 Å². The number of hydrogen-bond acceptors (Lipinski definition) is 5. The summed E-state index contributed by atoms with van der Waals surface area (Å²) in [5.74, 6) is -3.33. The quantitative estimate of drug-likeness (QED) is 0.549. The third-order valence-electron chi connectivity index (χ3n) is 2.70. The highest BCUT2D eigenvalue weighted by Crippen LogP contribution is 2.34. The second-order valence-corrected chi connectivity index (χ2v) is 5.80. The minimum Gasteiger partial charge on any atom is -0.481 e. The maximum atomic E-state index is 12.2. The lowest BCUT2D eigenvalue weighted by atomic mass is 10.2. The van der Waals surface area contributed by atoms with Crippen LogP contribution in [-0.2, 0) is 14.4 Å². The number of aromatic nitrogens is 1. The summed E-state index contributed by atoms with van der Waals surface area (Å²) in [6.07, 6.45) is 2.51. The molecule has 0 spiro atoms. The molecule has 1 aromatic heterocycles. The second kappa shape index (κ2) is 6.10. The van der Waals surface area contributed by atoms with Crippen LogP contribution in [0.4, 0.5) is 0 Å². The largest absolute Gasteiger partial charge is 0.481 e. The first-order chi connectivity index (χ1) is 9.90. The van der Waals surface area contributed by atoms with Gasteiger partial charge >= 0.3 is 11.9 Å². The van der Waals surface area contributed by atoms with Crippen molar-refractivity contribution >= 4 is 52.2 Å². The molecule has 0 aromatic carbocycles. The van der Waals surface area contributed by atoms with Gasteiger partial charge in [-0.25, -0.2) is 4.79 Å². The summed E-state index contributed by atoms with van der Waals surface area (Å²) in [6, 6.07) is 1.97. The summed E-state index contributed by atoms with van der Waals surface area (Å²) in [6.45, 7) is 0. The molecule has 7 nitrogen and oxygen atoms in total. The Morgan fingerprint density at radius 1 is 1.48 bits per heavy atom. The lowest BCUT2D eigenvalue weighted by molar-refractivity contribution is -0.150. The number of carbonyl (C=O) groups excluding carboxylic acids is 1. The van der Waals surface area contributed by atoms with Gasteiger partial charge in [0.25, 0.3) is 5.91 Å². The van der Waals surface area contributed by atoms with E-state index in [1.165, 1.54) is 0 Å². The lowest BCUT2D eigenvalue weighted by Crippen LogP contribution is -2.45. The van der Waals surface area contributed by atoms with E-state index in [9.17, 15) is 14.4 Å². The predicted octanol–water partition coefficient (Wildman–Crippen LogP) is 1.14. The van der Waals surface area contributed by atoms with E-state index in [1.807, 2.05) is 0 Å². The van der Waals surface area contributed by atoms with Gasteiger partial charge in [0.1, 0.15) is 10.4 Å². The summed E-state index contributed by atoms with van der Waals surface area (Å²) in [5, 5.41) is 17.9. The van der Waals surface area contributed by atoms with Crippen molar-refractivity contribution in [1.82, 2.24) is 9.88 Å². The van der Waals surface area contributed by atoms with Crippen LogP contribution in [0.5, 0.6) is 0 Å². The normalized spacial score (nSPS) is 18.3. The topological polar surface area (TPSA) is 111 Å². The van der Waals surface area contributed by atoms with E-state index in [4.69, 9.17) is 22.4 Å². The fraction of sp³-hybridized carbons (Fsp3) is 0.167. The molecule has 0 bridgehead atoms. The Bertz CT molecular complexity index is 638. The van der Waals surface area contributed by atoms with E-state index >= 15 is 0 Å². The Hall–Kier alpha value is -2.13. The van der Waals surface area contributed by atoms with E-state index < -0.39 is 30.3 Å². The molecule has 1 aliphatic rings. The minimum atomic E-state index is -1.51. The van der Waals surface area contributed by atoms with Crippen LogP contribution in [0.2, 0.25) is 0 Å². The number of thiocarbonyl (C=S) groups is 1. The third-order valence-corrected chi connectivity index (χ3v) is 4.03. The maximum absolute atomic E-state index is 12.2. The zero-order valence-corrected chi connectivity index (χ0v) is 12.1. The van der Waals surface area contributed by atoms with Gasteiger partial charge < -0.3 is 15.2 Å². The predicted molar refractivity (Wildman–Crippen MR) is 79.5 cm³/mol. The van der Waals surface area contributed by atoms with E-state index in [1.54, 1.807) is 24.4 Å². The summed E-state index contributed by atoms with van der Waals surface area (Å²) in [5.41, 5.74) is 0.667. The number of nitrogens with one attached hydrogen (secondary N) is 1. The Morgan fingerprint density at radius 3 is 2.71 bits per heavy atom. The van der Waals surface area contributed by atoms with Crippen molar-refractivity contribution in [3.05, 3.63) is 28.9 Å². The molecule has 3 N–H and O–H groups in total. The molecule has 1 aliphatic heterocycles. The van der Waals surface area contributed by atoms with Crippen LogP contribution >= 0.6 is 24.0 Å². The molecule has 0 radical (unpaired) electrons. The highest BCUT2D eigenvalue weighted by Gasteiger charge is 2.41. The average molecular weight is 326 g/mol. The smallest absolute Gasteiger partial charge is 0.327 e. The number of nitrogens with zero attached hydrogens (tertiary/aromatic N) is 1. The number of aromatic amines is 1. The first kappa shape index (κ1) is 15.3. The van der Waals surface area contributed by atoms with Gasteiger partial charge in [-0.15, -0.1) is 0 Å². The third kappa shape index (κ3) is 3.31. The summed E-state index contributed by atoms with van der Waals surface area (Å²) < 4.78 is 0.0338. The minimum absolute atomic E-state index is 0.0338. The van der Waals surface area contributed by atoms with Gasteiger partial charge in [0.2, 0.25) is 0 Å². The molecule has 1 amide bonds. The van der Waals surface area contributed by atoms with Crippen molar-refractivity contribution in [3.63, 3.8) is 0 Å². The van der Waals surface area contributed by atoms with Gasteiger partial charge in [0.05, 0.1) is 11.3 Å². The first-order valence-corrected chi connectivity index (χ1v) is 6.97. The van der Waals surface area contributed by atoms with Gasteiger partial charge in [0, 0.05) is 11.9 Å². The number of amides is 1. The molecule has 1 fully saturated rings. The Kier molecular flexibility index (Phi) is 4.43. The number of aliphatic carboxylic acids is 2. The Labute approximate surface area is 128 Å². The van der Waals surface area contributed by atoms with Crippen LogP contribution in [0.3, 0.4) is 0 Å². The van der Waals surface area contributed by atoms with Gasteiger partial charge in [-0.2, -0.15) is 0 Å². The van der Waals surface area contributed by atoms with Gasteiger partial charge in [-0.3, -0.25) is 14.5 Å². The highest BCUT2D eigenvalue weighted by atomic mass is 32.2. The molecule has 0 unspecified atom stereocenters. The van der Waals surface area contributed by atoms with Crippen LogP contribution in [0.15, 0.2) is 23.2 Å². The number of carboxylic acid groups (broad SMARTS) is 2. The molecule has 1 saturated heterocycles. The fourth-order valence-corrected chi connectivity index (χ4v) is 3.13. The summed E-state index contributed by atoms with van der Waals surface area (Å²) in [7, 11) is 0. The molecule has 2 heterocycles. The standard InChI is InChI=1S/C12H10N2O5S2/c15-9(16)5-7(11(18)19)14-10(17)8(21-12(14)20)4-6-2-1-3-13-6/h1-4,7,13H,5H2,(H,15,16)(H,18,19)/b8-4-/t7-/m1/s1. The SMILES string of the molecule is O=C(O)C[C@H](C(=O)O)N1C(=O)/C(=C/c2ccc[nH]2)SC1=S. The van der Waals surface area contributed by atoms with Gasteiger partial charge in [-0.05, 0) is 18.2 Å². The zero-order valence-electron chi connectivity index (χ0n) is 10.5. The zero-order chi connectivity index (χ0) is 15.6. The summed E-state index contributed by atoms with van der Waals surface area (Å²) in [4.78, 5) is 38.2. The van der Waals surface area contributed by atoms with Crippen molar-refractivity contribution in [2.45, 2.75) is 12.5 Å². The van der Waals surface area contributed by atoms with Crippen LogP contribution in [0.1, 0.15) is 12.1 Å². The van der Waals surface area contributed by atoms with Crippen molar-refractivity contribution in [1.29, 1.82) is 0 Å². The second-order valence-electron chi connectivity index (χ2n) is 4.13. The number of rotatable bonds is 5.